The summed E-state index contributed by atoms with van der Waals surface area (Å²) in [6.07, 6.45) is 1.55. The van der Waals surface area contributed by atoms with Gasteiger partial charge in [0.2, 0.25) is 21.8 Å². The number of rotatable bonds is 13. The number of methoxy groups -OCH3 is 2. The molecule has 0 saturated heterocycles. The fourth-order valence-electron chi connectivity index (χ4n) is 3.62. The number of benzene rings is 2. The third-order valence-electron chi connectivity index (χ3n) is 5.67. The van der Waals surface area contributed by atoms with Crippen molar-refractivity contribution >= 4 is 27.5 Å². The number of nitrogens with one attached hydrogen (secondary N) is 1. The molecule has 0 fully saturated rings. The third kappa shape index (κ3) is 8.15. The molecular formula is C26H37N3O6S. The van der Waals surface area contributed by atoms with E-state index in [2.05, 4.69) is 5.32 Å². The number of sulfonamides is 1. The number of anilines is 1. The van der Waals surface area contributed by atoms with Gasteiger partial charge in [0.1, 0.15) is 12.6 Å². The molecule has 0 aliphatic rings. The van der Waals surface area contributed by atoms with Gasteiger partial charge in [-0.1, -0.05) is 44.2 Å². The molecule has 1 atom stereocenters. The Balaban J connectivity index is 2.34. The largest absolute Gasteiger partial charge is 0.493 e. The van der Waals surface area contributed by atoms with Gasteiger partial charge in [0.15, 0.2) is 11.5 Å². The van der Waals surface area contributed by atoms with Gasteiger partial charge in [-0.3, -0.25) is 13.9 Å². The Morgan fingerprint density at radius 3 is 2.17 bits per heavy atom. The van der Waals surface area contributed by atoms with Gasteiger partial charge in [0.05, 0.1) is 26.2 Å². The summed E-state index contributed by atoms with van der Waals surface area (Å²) in [5, 5.41) is 2.86. The molecule has 0 bridgehead atoms. The van der Waals surface area contributed by atoms with Crippen LogP contribution in [-0.2, 0) is 26.0 Å². The number of carbonyl (C=O) groups excluding carboxylic acids is 2. The van der Waals surface area contributed by atoms with Gasteiger partial charge in [0.25, 0.3) is 0 Å². The maximum absolute atomic E-state index is 13.5. The lowest BCUT2D eigenvalue weighted by atomic mass is 10.1. The molecule has 2 aromatic rings. The predicted molar refractivity (Wildman–Crippen MR) is 141 cm³/mol. The number of carbonyl (C=O) groups is 2. The minimum absolute atomic E-state index is 0.250. The first-order chi connectivity index (χ1) is 17.0. The molecule has 0 radical (unpaired) electrons. The molecule has 0 unspecified atom stereocenters. The van der Waals surface area contributed by atoms with E-state index in [4.69, 9.17) is 9.47 Å². The zero-order valence-corrected chi connectivity index (χ0v) is 22.7. The molecule has 198 valence electrons. The lowest BCUT2D eigenvalue weighted by Gasteiger charge is -2.31. The van der Waals surface area contributed by atoms with Crippen molar-refractivity contribution in [2.24, 2.45) is 5.92 Å². The average Bonchev–Trinajstić information content (AvgIpc) is 2.85. The van der Waals surface area contributed by atoms with Gasteiger partial charge in [0, 0.05) is 19.2 Å². The number of hydrogen-bond donors (Lipinski definition) is 1. The van der Waals surface area contributed by atoms with Gasteiger partial charge in [-0.15, -0.1) is 0 Å². The smallest absolute Gasteiger partial charge is 0.244 e. The predicted octanol–water partition coefficient (Wildman–Crippen LogP) is 2.70. The van der Waals surface area contributed by atoms with E-state index in [0.29, 0.717) is 24.5 Å². The Morgan fingerprint density at radius 1 is 0.972 bits per heavy atom. The first-order valence-corrected chi connectivity index (χ1v) is 13.6. The number of ether oxygens (including phenoxy) is 2. The molecule has 2 aromatic carbocycles. The summed E-state index contributed by atoms with van der Waals surface area (Å²) in [4.78, 5) is 27.8. The van der Waals surface area contributed by atoms with Crippen LogP contribution in [0.15, 0.2) is 48.5 Å². The summed E-state index contributed by atoms with van der Waals surface area (Å²) >= 11 is 0. The van der Waals surface area contributed by atoms with Crippen LogP contribution < -0.4 is 19.1 Å². The van der Waals surface area contributed by atoms with E-state index in [1.165, 1.54) is 25.2 Å². The third-order valence-corrected chi connectivity index (χ3v) is 6.81. The van der Waals surface area contributed by atoms with E-state index < -0.39 is 28.5 Å². The normalized spacial score (nSPS) is 12.1. The number of hydrogen-bond acceptors (Lipinski definition) is 6. The van der Waals surface area contributed by atoms with E-state index in [-0.39, 0.29) is 24.1 Å². The van der Waals surface area contributed by atoms with Crippen LogP contribution >= 0.6 is 0 Å². The SMILES string of the molecule is COc1ccc(N(CC(=O)N(CCc2ccccc2)[C@@H](C)C(=O)NCC(C)C)S(C)(=O)=O)cc1OC. The highest BCUT2D eigenvalue weighted by molar-refractivity contribution is 7.92. The summed E-state index contributed by atoms with van der Waals surface area (Å²) in [5.74, 6) is 0.236. The van der Waals surface area contributed by atoms with Gasteiger partial charge in [-0.25, -0.2) is 8.42 Å². The Bertz CT molecular complexity index is 1120. The minimum atomic E-state index is -3.84. The molecule has 9 nitrogen and oxygen atoms in total. The second kappa shape index (κ2) is 13.2. The van der Waals surface area contributed by atoms with Crippen LogP contribution in [0.1, 0.15) is 26.3 Å². The molecule has 0 spiro atoms. The van der Waals surface area contributed by atoms with Crippen LogP contribution in [0.25, 0.3) is 0 Å². The zero-order chi connectivity index (χ0) is 26.9. The highest BCUT2D eigenvalue weighted by Gasteiger charge is 2.30. The van der Waals surface area contributed by atoms with Gasteiger partial charge in [-0.2, -0.15) is 0 Å². The van der Waals surface area contributed by atoms with Crippen LogP contribution in [0.4, 0.5) is 5.69 Å². The lowest BCUT2D eigenvalue weighted by molar-refractivity contribution is -0.138. The van der Waals surface area contributed by atoms with Crippen molar-refractivity contribution in [1.29, 1.82) is 0 Å². The van der Waals surface area contributed by atoms with Crippen molar-refractivity contribution in [2.75, 3.05) is 44.4 Å². The molecule has 2 rings (SSSR count). The van der Waals surface area contributed by atoms with E-state index in [1.807, 2.05) is 44.2 Å². The van der Waals surface area contributed by atoms with Gasteiger partial charge in [-0.05, 0) is 37.0 Å². The molecule has 10 heteroatoms. The van der Waals surface area contributed by atoms with Crippen molar-refractivity contribution in [3.05, 3.63) is 54.1 Å². The quantitative estimate of drug-likeness (QED) is 0.436. The summed E-state index contributed by atoms with van der Waals surface area (Å²) in [5.41, 5.74) is 1.26. The monoisotopic (exact) mass is 519 g/mol. The molecule has 0 saturated carbocycles. The lowest BCUT2D eigenvalue weighted by Crippen LogP contribution is -2.52. The molecule has 0 heterocycles. The first kappa shape index (κ1) is 29.0. The fourth-order valence-corrected chi connectivity index (χ4v) is 4.46. The summed E-state index contributed by atoms with van der Waals surface area (Å²) < 4.78 is 37.0. The highest BCUT2D eigenvalue weighted by Crippen LogP contribution is 2.32. The second-order valence-electron chi connectivity index (χ2n) is 8.95. The summed E-state index contributed by atoms with van der Waals surface area (Å²) in [6, 6.07) is 13.4. The van der Waals surface area contributed by atoms with E-state index >= 15 is 0 Å². The van der Waals surface area contributed by atoms with Crippen LogP contribution in [0.3, 0.4) is 0 Å². The van der Waals surface area contributed by atoms with Crippen LogP contribution in [0, 0.1) is 5.92 Å². The number of nitrogens with zero attached hydrogens (tertiary/aromatic N) is 2. The Labute approximate surface area is 214 Å². The zero-order valence-electron chi connectivity index (χ0n) is 21.9. The fraction of sp³-hybridized carbons (Fsp3) is 0.462. The maximum Gasteiger partial charge on any atom is 0.244 e. The molecule has 0 aromatic heterocycles. The van der Waals surface area contributed by atoms with Crippen molar-refractivity contribution in [3.8, 4) is 11.5 Å². The first-order valence-electron chi connectivity index (χ1n) is 11.8. The molecular weight excluding hydrogens is 482 g/mol. The molecule has 1 N–H and O–H groups in total. The van der Waals surface area contributed by atoms with Crippen molar-refractivity contribution in [2.45, 2.75) is 33.2 Å². The molecule has 0 aliphatic carbocycles. The van der Waals surface area contributed by atoms with E-state index in [0.717, 1.165) is 16.1 Å². The van der Waals surface area contributed by atoms with E-state index in [9.17, 15) is 18.0 Å². The van der Waals surface area contributed by atoms with Crippen LogP contribution in [0.2, 0.25) is 0 Å². The van der Waals surface area contributed by atoms with Crippen molar-refractivity contribution in [3.63, 3.8) is 0 Å². The van der Waals surface area contributed by atoms with E-state index in [1.54, 1.807) is 19.1 Å². The molecule has 0 aliphatic heterocycles. The summed E-state index contributed by atoms with van der Waals surface area (Å²) in [7, 11) is -0.914. The minimum Gasteiger partial charge on any atom is -0.493 e. The Morgan fingerprint density at radius 2 is 1.61 bits per heavy atom. The van der Waals surface area contributed by atoms with Crippen molar-refractivity contribution < 1.29 is 27.5 Å². The Kier molecular flexibility index (Phi) is 10.6. The van der Waals surface area contributed by atoms with Crippen molar-refractivity contribution in [1.82, 2.24) is 10.2 Å². The van der Waals surface area contributed by atoms with Crippen LogP contribution in [-0.4, -0.2) is 71.3 Å². The van der Waals surface area contributed by atoms with Crippen LogP contribution in [0.5, 0.6) is 11.5 Å². The number of amides is 2. The maximum atomic E-state index is 13.5. The van der Waals surface area contributed by atoms with Gasteiger partial charge >= 0.3 is 0 Å². The molecule has 2 amide bonds. The Hall–Kier alpha value is -3.27. The van der Waals surface area contributed by atoms with Gasteiger partial charge < -0.3 is 19.7 Å². The molecule has 36 heavy (non-hydrogen) atoms. The topological polar surface area (TPSA) is 105 Å². The average molecular weight is 520 g/mol. The second-order valence-corrected chi connectivity index (χ2v) is 10.9. The standard InChI is InChI=1S/C26H37N3O6S/c1-19(2)17-27-26(31)20(3)28(15-14-21-10-8-7-9-11-21)25(30)18-29(36(6,32)33)22-12-13-23(34-4)24(16-22)35-5/h7-13,16,19-20H,14-15,17-18H2,1-6H3,(H,27,31)/t20-/m0/s1. The highest BCUT2D eigenvalue weighted by atomic mass is 32.2. The summed E-state index contributed by atoms with van der Waals surface area (Å²) in [6.45, 7) is 5.88.